The second-order valence-electron chi connectivity index (χ2n) is 4.46. The Morgan fingerprint density at radius 3 is 2.86 bits per heavy atom. The Labute approximate surface area is 84.4 Å². The largest absolute Gasteiger partial charge is 0.484 e. The first-order valence-corrected chi connectivity index (χ1v) is 4.80. The molecular formula is C11H16N2O. The topological polar surface area (TPSA) is 38.5 Å². The Hall–Kier alpha value is -1.22. The number of nitrogens with two attached hydrogens (primary N) is 1. The van der Waals surface area contributed by atoms with Crippen LogP contribution in [0.2, 0.25) is 0 Å². The Bertz CT molecular complexity index is 360. The SMILES string of the molecule is Cc1ccc2c(c1)OC(C)(C)CN2N. The molecule has 0 aliphatic carbocycles. The number of anilines is 1. The fourth-order valence-corrected chi connectivity index (χ4v) is 1.77. The van der Waals surface area contributed by atoms with Crippen molar-refractivity contribution < 1.29 is 4.74 Å². The van der Waals surface area contributed by atoms with Crippen molar-refractivity contribution >= 4 is 5.69 Å². The molecule has 0 aromatic heterocycles. The summed E-state index contributed by atoms with van der Waals surface area (Å²) in [6.45, 7) is 6.84. The third-order valence-electron chi connectivity index (χ3n) is 2.36. The summed E-state index contributed by atoms with van der Waals surface area (Å²) in [5.74, 6) is 6.80. The maximum Gasteiger partial charge on any atom is 0.145 e. The molecule has 0 spiro atoms. The van der Waals surface area contributed by atoms with Gasteiger partial charge in [0.1, 0.15) is 11.4 Å². The molecular weight excluding hydrogens is 176 g/mol. The highest BCUT2D eigenvalue weighted by atomic mass is 16.5. The van der Waals surface area contributed by atoms with E-state index in [0.29, 0.717) is 6.54 Å². The van der Waals surface area contributed by atoms with Gasteiger partial charge in [0, 0.05) is 0 Å². The lowest BCUT2D eigenvalue weighted by Crippen LogP contribution is -2.50. The van der Waals surface area contributed by atoms with Gasteiger partial charge in [-0.15, -0.1) is 0 Å². The Kier molecular flexibility index (Phi) is 1.93. The van der Waals surface area contributed by atoms with Crippen molar-refractivity contribution in [1.82, 2.24) is 0 Å². The smallest absolute Gasteiger partial charge is 0.145 e. The summed E-state index contributed by atoms with van der Waals surface area (Å²) in [6.07, 6.45) is 0. The molecule has 1 heterocycles. The van der Waals surface area contributed by atoms with Gasteiger partial charge in [0.25, 0.3) is 0 Å². The van der Waals surface area contributed by atoms with Crippen molar-refractivity contribution in [2.45, 2.75) is 26.4 Å². The summed E-state index contributed by atoms with van der Waals surface area (Å²) < 4.78 is 5.85. The summed E-state index contributed by atoms with van der Waals surface area (Å²) in [5, 5.41) is 1.75. The van der Waals surface area contributed by atoms with Gasteiger partial charge < -0.3 is 9.75 Å². The van der Waals surface area contributed by atoms with Gasteiger partial charge in [-0.1, -0.05) is 6.07 Å². The third kappa shape index (κ3) is 1.55. The molecule has 14 heavy (non-hydrogen) atoms. The van der Waals surface area contributed by atoms with Crippen molar-refractivity contribution in [3.63, 3.8) is 0 Å². The lowest BCUT2D eigenvalue weighted by Gasteiger charge is -2.38. The molecule has 2 N–H and O–H groups in total. The first kappa shape index (κ1) is 9.34. The number of nitrogens with zero attached hydrogens (tertiary/aromatic N) is 1. The van der Waals surface area contributed by atoms with Crippen LogP contribution in [0.4, 0.5) is 5.69 Å². The molecule has 1 aliphatic heterocycles. The van der Waals surface area contributed by atoms with Crippen LogP contribution in [0.25, 0.3) is 0 Å². The average Bonchev–Trinajstić information content (AvgIpc) is 2.00. The van der Waals surface area contributed by atoms with Crippen molar-refractivity contribution in [1.29, 1.82) is 0 Å². The zero-order valence-corrected chi connectivity index (χ0v) is 8.87. The van der Waals surface area contributed by atoms with E-state index in [9.17, 15) is 0 Å². The van der Waals surface area contributed by atoms with E-state index in [-0.39, 0.29) is 5.60 Å². The van der Waals surface area contributed by atoms with Gasteiger partial charge in [0.2, 0.25) is 0 Å². The Morgan fingerprint density at radius 1 is 1.43 bits per heavy atom. The first-order valence-electron chi connectivity index (χ1n) is 4.80. The number of rotatable bonds is 0. The molecule has 2 rings (SSSR count). The molecule has 0 radical (unpaired) electrons. The van der Waals surface area contributed by atoms with Crippen LogP contribution in [0.1, 0.15) is 19.4 Å². The minimum Gasteiger partial charge on any atom is -0.484 e. The number of benzene rings is 1. The van der Waals surface area contributed by atoms with Gasteiger partial charge in [-0.05, 0) is 38.5 Å². The normalized spacial score (nSPS) is 18.7. The second kappa shape index (κ2) is 2.89. The monoisotopic (exact) mass is 192 g/mol. The molecule has 3 nitrogen and oxygen atoms in total. The summed E-state index contributed by atoms with van der Waals surface area (Å²) >= 11 is 0. The highest BCUT2D eigenvalue weighted by molar-refractivity contribution is 5.60. The minimum atomic E-state index is -0.213. The molecule has 1 aromatic carbocycles. The summed E-state index contributed by atoms with van der Waals surface area (Å²) in [4.78, 5) is 0. The van der Waals surface area contributed by atoms with Gasteiger partial charge >= 0.3 is 0 Å². The number of hydrazine groups is 1. The van der Waals surface area contributed by atoms with Crippen molar-refractivity contribution in [3.05, 3.63) is 23.8 Å². The fourth-order valence-electron chi connectivity index (χ4n) is 1.77. The highest BCUT2D eigenvalue weighted by Gasteiger charge is 2.30. The minimum absolute atomic E-state index is 0.213. The number of hydrogen-bond donors (Lipinski definition) is 1. The van der Waals surface area contributed by atoms with Gasteiger partial charge in [-0.3, -0.25) is 0 Å². The van der Waals surface area contributed by atoms with Crippen LogP contribution in [0, 0.1) is 6.92 Å². The molecule has 0 fully saturated rings. The van der Waals surface area contributed by atoms with E-state index in [2.05, 4.69) is 0 Å². The van der Waals surface area contributed by atoms with E-state index < -0.39 is 0 Å². The molecule has 3 heteroatoms. The Morgan fingerprint density at radius 2 is 2.14 bits per heavy atom. The van der Waals surface area contributed by atoms with Gasteiger partial charge in [-0.2, -0.15) is 0 Å². The van der Waals surface area contributed by atoms with Crippen molar-refractivity contribution in [2.75, 3.05) is 11.6 Å². The lowest BCUT2D eigenvalue weighted by molar-refractivity contribution is 0.105. The number of hydrogen-bond acceptors (Lipinski definition) is 3. The van der Waals surface area contributed by atoms with Gasteiger partial charge in [0.15, 0.2) is 0 Å². The van der Waals surface area contributed by atoms with E-state index in [1.165, 1.54) is 5.56 Å². The van der Waals surface area contributed by atoms with E-state index in [4.69, 9.17) is 10.6 Å². The summed E-state index contributed by atoms with van der Waals surface area (Å²) in [6, 6.07) is 6.07. The van der Waals surface area contributed by atoms with Crippen molar-refractivity contribution in [3.8, 4) is 5.75 Å². The highest BCUT2D eigenvalue weighted by Crippen LogP contribution is 2.35. The van der Waals surface area contributed by atoms with Crippen LogP contribution >= 0.6 is 0 Å². The molecule has 0 atom stereocenters. The predicted octanol–water partition coefficient (Wildman–Crippen LogP) is 1.85. The van der Waals surface area contributed by atoms with Crippen LogP contribution in [-0.2, 0) is 0 Å². The van der Waals surface area contributed by atoms with E-state index in [1.54, 1.807) is 5.01 Å². The summed E-state index contributed by atoms with van der Waals surface area (Å²) in [7, 11) is 0. The lowest BCUT2D eigenvalue weighted by atomic mass is 10.1. The van der Waals surface area contributed by atoms with E-state index in [1.807, 2.05) is 39.0 Å². The Balaban J connectivity index is 2.46. The molecule has 76 valence electrons. The van der Waals surface area contributed by atoms with E-state index in [0.717, 1.165) is 11.4 Å². The van der Waals surface area contributed by atoms with Crippen LogP contribution in [0.3, 0.4) is 0 Å². The van der Waals surface area contributed by atoms with Crippen LogP contribution < -0.4 is 15.6 Å². The molecule has 0 unspecified atom stereocenters. The zero-order chi connectivity index (χ0) is 10.3. The third-order valence-corrected chi connectivity index (χ3v) is 2.36. The average molecular weight is 192 g/mol. The molecule has 1 aliphatic rings. The number of fused-ring (bicyclic) bond motifs is 1. The first-order chi connectivity index (χ1) is 6.48. The maximum absolute atomic E-state index is 5.93. The number of ether oxygens (including phenoxy) is 1. The van der Waals surface area contributed by atoms with Crippen LogP contribution in [-0.4, -0.2) is 12.1 Å². The molecule has 1 aromatic rings. The van der Waals surface area contributed by atoms with Crippen molar-refractivity contribution in [2.24, 2.45) is 5.84 Å². The quantitative estimate of drug-likeness (QED) is 0.637. The molecule has 0 bridgehead atoms. The fraction of sp³-hybridized carbons (Fsp3) is 0.455. The molecule has 0 saturated heterocycles. The van der Waals surface area contributed by atoms with Crippen LogP contribution in [0.15, 0.2) is 18.2 Å². The van der Waals surface area contributed by atoms with Gasteiger partial charge in [-0.25, -0.2) is 5.84 Å². The summed E-state index contributed by atoms with van der Waals surface area (Å²) in [5.41, 5.74) is 1.94. The predicted molar refractivity (Wildman–Crippen MR) is 57.4 cm³/mol. The molecule has 0 saturated carbocycles. The number of aryl methyl sites for hydroxylation is 1. The van der Waals surface area contributed by atoms with E-state index >= 15 is 0 Å². The second-order valence-corrected chi connectivity index (χ2v) is 4.46. The standard InChI is InChI=1S/C11H16N2O/c1-8-4-5-9-10(6-8)14-11(2,3)7-13(9)12/h4-6H,7,12H2,1-3H3. The zero-order valence-electron chi connectivity index (χ0n) is 8.87. The maximum atomic E-state index is 5.93. The van der Waals surface area contributed by atoms with Gasteiger partial charge in [0.05, 0.1) is 12.2 Å². The van der Waals surface area contributed by atoms with Crippen LogP contribution in [0.5, 0.6) is 5.75 Å². The molecule has 0 amide bonds.